The highest BCUT2D eigenvalue weighted by Gasteiger charge is 2.30. The van der Waals surface area contributed by atoms with Crippen molar-refractivity contribution in [2.45, 2.75) is 36.5 Å². The van der Waals surface area contributed by atoms with E-state index in [2.05, 4.69) is 20.3 Å². The van der Waals surface area contributed by atoms with Gasteiger partial charge in [0.05, 0.1) is 51.1 Å². The van der Waals surface area contributed by atoms with Crippen molar-refractivity contribution in [3.63, 3.8) is 0 Å². The second-order valence-electron chi connectivity index (χ2n) is 11.2. The lowest BCUT2D eigenvalue weighted by molar-refractivity contribution is -0.146. The van der Waals surface area contributed by atoms with Gasteiger partial charge in [-0.25, -0.2) is 13.1 Å². The highest BCUT2D eigenvalue weighted by atomic mass is 35.5. The molecule has 1 aliphatic rings. The van der Waals surface area contributed by atoms with Crippen LogP contribution in [0.3, 0.4) is 0 Å². The number of nitrogens with one attached hydrogen (secondary N) is 3. The number of aliphatic hydroxyl groups is 2. The van der Waals surface area contributed by atoms with Gasteiger partial charge in [-0.2, -0.15) is 0 Å². The van der Waals surface area contributed by atoms with E-state index >= 15 is 0 Å². The van der Waals surface area contributed by atoms with E-state index in [9.17, 15) is 28.2 Å². The second kappa shape index (κ2) is 21.1. The van der Waals surface area contributed by atoms with Crippen LogP contribution in [-0.2, 0) is 45.1 Å². The number of amides is 2. The number of nitrogens with zero attached hydrogens (tertiary/aromatic N) is 1. The Hall–Kier alpha value is -2.41. The molecule has 0 radical (unpaired) electrons. The molecule has 3 rings (SSSR count). The molecule has 2 aromatic rings. The van der Waals surface area contributed by atoms with Crippen molar-refractivity contribution >= 4 is 45.0 Å². The van der Waals surface area contributed by atoms with Crippen LogP contribution in [0.5, 0.6) is 0 Å². The Morgan fingerprint density at radius 3 is 1.96 bits per heavy atom. The van der Waals surface area contributed by atoms with Crippen molar-refractivity contribution in [1.82, 2.24) is 20.3 Å². The Labute approximate surface area is 297 Å². The minimum Gasteiger partial charge on any atom is -0.380 e. The number of carbonyl (C=O) groups is 2. The molecule has 0 saturated carbocycles. The average molecular weight is 750 g/mol. The smallest absolute Gasteiger partial charge is 0.252 e. The number of likely N-dealkylation sites (N-methyl/N-ethyl adjacent to an activating group) is 1. The standard InChI is InChI=1S/C32H46Cl2N4O10S/c1-3-45-11-8-35-31(41)29(39)30(40)32(42)36-9-12-46-14-16-48-17-15-47-13-10-37-49(43,44)24-6-4-22(5-7-24)26-20-38(2)21-27-25(26)18-23(33)19-28(27)34/h4-7,18-19,26,29-30,37,39-40H,3,8-17,20-21H2,1-2H3,(H,35,41)(H,36,42)/t26-,29?,30?/m0/s1. The summed E-state index contributed by atoms with van der Waals surface area (Å²) < 4.78 is 49.4. The average Bonchev–Trinajstić information content (AvgIpc) is 3.08. The van der Waals surface area contributed by atoms with Gasteiger partial charge in [0.25, 0.3) is 11.8 Å². The van der Waals surface area contributed by atoms with Crippen LogP contribution in [0.2, 0.25) is 10.0 Å². The quantitative estimate of drug-likeness (QED) is 0.108. The molecular weight excluding hydrogens is 703 g/mol. The molecule has 2 amide bonds. The molecule has 1 heterocycles. The van der Waals surface area contributed by atoms with Crippen LogP contribution in [-0.4, -0.2) is 134 Å². The summed E-state index contributed by atoms with van der Waals surface area (Å²) in [7, 11) is -1.72. The highest BCUT2D eigenvalue weighted by molar-refractivity contribution is 7.89. The van der Waals surface area contributed by atoms with Crippen LogP contribution in [0.25, 0.3) is 0 Å². The van der Waals surface area contributed by atoms with Gasteiger partial charge < -0.3 is 44.7 Å². The molecule has 1 aliphatic heterocycles. The van der Waals surface area contributed by atoms with E-state index in [-0.39, 0.29) is 76.7 Å². The molecule has 49 heavy (non-hydrogen) atoms. The lowest BCUT2D eigenvalue weighted by atomic mass is 9.85. The van der Waals surface area contributed by atoms with Gasteiger partial charge in [-0.05, 0) is 54.9 Å². The summed E-state index contributed by atoms with van der Waals surface area (Å²) in [6.45, 7) is 5.52. The molecule has 0 spiro atoms. The van der Waals surface area contributed by atoms with Gasteiger partial charge in [0.2, 0.25) is 10.0 Å². The predicted molar refractivity (Wildman–Crippen MR) is 183 cm³/mol. The number of fused-ring (bicyclic) bond motifs is 1. The Balaban J connectivity index is 1.24. The lowest BCUT2D eigenvalue weighted by Crippen LogP contribution is -2.50. The maximum absolute atomic E-state index is 12.8. The molecule has 0 bridgehead atoms. The molecule has 0 fully saturated rings. The van der Waals surface area contributed by atoms with Gasteiger partial charge in [0.1, 0.15) is 0 Å². The third kappa shape index (κ3) is 13.3. The summed E-state index contributed by atoms with van der Waals surface area (Å²) in [4.78, 5) is 26.0. The second-order valence-corrected chi connectivity index (χ2v) is 13.8. The van der Waals surface area contributed by atoms with Crippen molar-refractivity contribution in [2.75, 3.05) is 86.1 Å². The summed E-state index contributed by atoms with van der Waals surface area (Å²) >= 11 is 12.7. The molecule has 0 saturated heterocycles. The summed E-state index contributed by atoms with van der Waals surface area (Å²) in [5.74, 6) is -1.78. The zero-order valence-corrected chi connectivity index (χ0v) is 30.0. The summed E-state index contributed by atoms with van der Waals surface area (Å²) in [6.07, 6.45) is -3.83. The van der Waals surface area contributed by atoms with Crippen LogP contribution < -0.4 is 15.4 Å². The number of aliphatic hydroxyl groups excluding tert-OH is 2. The largest absolute Gasteiger partial charge is 0.380 e. The lowest BCUT2D eigenvalue weighted by Gasteiger charge is -2.33. The number of sulfonamides is 1. The molecule has 0 aliphatic carbocycles. The van der Waals surface area contributed by atoms with Gasteiger partial charge in [0.15, 0.2) is 12.2 Å². The summed E-state index contributed by atoms with van der Waals surface area (Å²) in [5.41, 5.74) is 3.04. The fourth-order valence-corrected chi connectivity index (χ4v) is 6.60. The molecule has 2 aromatic carbocycles. The van der Waals surface area contributed by atoms with Crippen LogP contribution >= 0.6 is 23.2 Å². The number of halogens is 2. The van der Waals surface area contributed by atoms with Crippen molar-refractivity contribution in [1.29, 1.82) is 0 Å². The first kappa shape index (κ1) is 41.0. The topological polar surface area (TPSA) is 185 Å². The van der Waals surface area contributed by atoms with E-state index in [0.29, 0.717) is 23.2 Å². The monoisotopic (exact) mass is 748 g/mol. The first-order chi connectivity index (χ1) is 23.4. The normalized spacial score (nSPS) is 16.2. The van der Waals surface area contributed by atoms with Gasteiger partial charge in [-0.1, -0.05) is 35.3 Å². The number of benzene rings is 2. The van der Waals surface area contributed by atoms with E-state index in [1.54, 1.807) is 25.1 Å². The molecule has 5 N–H and O–H groups in total. The Morgan fingerprint density at radius 1 is 0.857 bits per heavy atom. The molecule has 3 atom stereocenters. The first-order valence-corrected chi connectivity index (χ1v) is 18.2. The van der Waals surface area contributed by atoms with Crippen molar-refractivity contribution < 1.29 is 47.2 Å². The zero-order valence-electron chi connectivity index (χ0n) is 27.7. The first-order valence-electron chi connectivity index (χ1n) is 15.9. The number of carbonyl (C=O) groups excluding carboxylic acids is 2. The molecular formula is C32H46Cl2N4O10S. The van der Waals surface area contributed by atoms with E-state index in [4.69, 9.17) is 42.1 Å². The number of hydrogen-bond donors (Lipinski definition) is 5. The van der Waals surface area contributed by atoms with Gasteiger partial charge in [-0.15, -0.1) is 0 Å². The molecule has 14 nitrogen and oxygen atoms in total. The van der Waals surface area contributed by atoms with Crippen LogP contribution in [0, 0.1) is 0 Å². The maximum Gasteiger partial charge on any atom is 0.252 e. The fraction of sp³-hybridized carbons (Fsp3) is 0.562. The summed E-state index contributed by atoms with van der Waals surface area (Å²) in [5, 5.41) is 25.6. The van der Waals surface area contributed by atoms with E-state index in [0.717, 1.165) is 23.2 Å². The fourth-order valence-electron chi connectivity index (χ4n) is 5.02. The van der Waals surface area contributed by atoms with Crippen LogP contribution in [0.15, 0.2) is 41.3 Å². The Bertz CT molecular complexity index is 1450. The molecule has 274 valence electrons. The van der Waals surface area contributed by atoms with E-state index in [1.165, 1.54) is 0 Å². The molecule has 0 aromatic heterocycles. The SMILES string of the molecule is CCOCCNC(=O)C(O)C(O)C(=O)NCCOCCOCCOCCNS(=O)(=O)c1ccc([C@@H]2CN(C)Cc3c(Cl)cc(Cl)cc32)cc1. The van der Waals surface area contributed by atoms with Crippen molar-refractivity contribution in [3.8, 4) is 0 Å². The van der Waals surface area contributed by atoms with E-state index in [1.807, 2.05) is 25.2 Å². The van der Waals surface area contributed by atoms with Gasteiger partial charge in [-0.3, -0.25) is 9.59 Å². The third-order valence-corrected chi connectivity index (χ3v) is 9.53. The van der Waals surface area contributed by atoms with Gasteiger partial charge >= 0.3 is 0 Å². The Morgan fingerprint density at radius 2 is 1.39 bits per heavy atom. The van der Waals surface area contributed by atoms with Crippen LogP contribution in [0.1, 0.15) is 29.5 Å². The molecule has 2 unspecified atom stereocenters. The highest BCUT2D eigenvalue weighted by Crippen LogP contribution is 2.38. The van der Waals surface area contributed by atoms with Gasteiger partial charge in [0, 0.05) is 55.3 Å². The predicted octanol–water partition coefficient (Wildman–Crippen LogP) is 0.890. The number of rotatable bonds is 22. The van der Waals surface area contributed by atoms with Crippen LogP contribution in [0.4, 0.5) is 0 Å². The van der Waals surface area contributed by atoms with Crippen molar-refractivity contribution in [2.24, 2.45) is 0 Å². The number of ether oxygens (including phenoxy) is 4. The minimum absolute atomic E-state index is 0.00364. The summed E-state index contributed by atoms with van der Waals surface area (Å²) in [6, 6.07) is 10.5. The molecule has 17 heteroatoms. The number of hydrogen-bond acceptors (Lipinski definition) is 11. The van der Waals surface area contributed by atoms with E-state index < -0.39 is 34.0 Å². The Kier molecular flexibility index (Phi) is 17.6. The van der Waals surface area contributed by atoms with Crippen molar-refractivity contribution in [3.05, 3.63) is 63.1 Å². The zero-order chi connectivity index (χ0) is 35.8. The maximum atomic E-state index is 12.8. The minimum atomic E-state index is -3.73. The third-order valence-electron chi connectivity index (χ3n) is 7.50.